The molecule has 0 amide bonds. The fourth-order valence-electron chi connectivity index (χ4n) is 2.14. The summed E-state index contributed by atoms with van der Waals surface area (Å²) in [7, 11) is 1.65. The number of nitrogens with zero attached hydrogens (tertiary/aromatic N) is 3. The Morgan fingerprint density at radius 1 is 1.17 bits per heavy atom. The van der Waals surface area contributed by atoms with Crippen LogP contribution in [-0.2, 0) is 0 Å². The van der Waals surface area contributed by atoms with Gasteiger partial charge in [0.25, 0.3) is 0 Å². The molecule has 126 valence electrons. The number of benzene rings is 1. The molecule has 0 unspecified atom stereocenters. The summed E-state index contributed by atoms with van der Waals surface area (Å²) in [6.45, 7) is 6.13. The predicted molar refractivity (Wildman–Crippen MR) is 99.3 cm³/mol. The highest BCUT2D eigenvalue weighted by Gasteiger charge is 2.16. The van der Waals surface area contributed by atoms with Crippen LogP contribution < -0.4 is 21.1 Å². The molecule has 2 heterocycles. The predicted octanol–water partition coefficient (Wildman–Crippen LogP) is 3.63. The fourth-order valence-corrected chi connectivity index (χ4v) is 3.03. The molecule has 0 atom stereocenters. The van der Waals surface area contributed by atoms with Crippen molar-refractivity contribution in [2.24, 2.45) is 0 Å². The number of ether oxygens (including phenoxy) is 1. The smallest absolute Gasteiger partial charge is 0.189 e. The van der Waals surface area contributed by atoms with Crippen molar-refractivity contribution < 1.29 is 4.74 Å². The van der Waals surface area contributed by atoms with Gasteiger partial charge in [-0.1, -0.05) is 11.3 Å². The normalized spacial score (nSPS) is 11.5. The number of nitrogens with one attached hydrogen (secondary N) is 2. The van der Waals surface area contributed by atoms with Gasteiger partial charge in [-0.05, 0) is 39.0 Å². The number of fused-ring (bicyclic) bond motifs is 1. The van der Waals surface area contributed by atoms with E-state index in [0.29, 0.717) is 22.5 Å². The number of anilines is 4. The molecule has 1 aromatic carbocycles. The third-order valence-electron chi connectivity index (χ3n) is 3.20. The molecule has 0 saturated heterocycles. The van der Waals surface area contributed by atoms with Crippen LogP contribution in [0.1, 0.15) is 20.8 Å². The van der Waals surface area contributed by atoms with Crippen molar-refractivity contribution in [3.63, 3.8) is 0 Å². The number of nitrogen functional groups attached to an aromatic ring is 1. The first-order chi connectivity index (χ1) is 11.4. The maximum absolute atomic E-state index is 6.19. The fraction of sp³-hybridized carbons (Fsp3) is 0.312. The van der Waals surface area contributed by atoms with Crippen LogP contribution in [0, 0.1) is 0 Å². The molecule has 0 radical (unpaired) electrons. The molecule has 0 aliphatic carbocycles. The highest BCUT2D eigenvalue weighted by Crippen LogP contribution is 2.33. The Labute approximate surface area is 144 Å². The average molecular weight is 344 g/mol. The van der Waals surface area contributed by atoms with E-state index >= 15 is 0 Å². The Hall–Kier alpha value is -2.61. The Morgan fingerprint density at radius 2 is 1.92 bits per heavy atom. The van der Waals surface area contributed by atoms with Crippen molar-refractivity contribution in [1.82, 2.24) is 15.0 Å². The van der Waals surface area contributed by atoms with Gasteiger partial charge in [-0.15, -0.1) is 0 Å². The van der Waals surface area contributed by atoms with E-state index in [9.17, 15) is 0 Å². The number of hydrogen-bond donors (Lipinski definition) is 3. The standard InChI is InChI=1S/C16H20N6OS/c1-16(2,3)22-14-12(17)13(18-8-19-14)21-15-20-10-6-5-9(23-4)7-11(10)24-15/h5-8H,17H2,1-4H3,(H2,18,19,20,21,22). The molecule has 0 saturated carbocycles. The maximum Gasteiger partial charge on any atom is 0.189 e. The molecule has 0 bridgehead atoms. The number of methoxy groups -OCH3 is 1. The zero-order valence-electron chi connectivity index (χ0n) is 14.0. The summed E-state index contributed by atoms with van der Waals surface area (Å²) >= 11 is 1.51. The SMILES string of the molecule is COc1ccc2nc(Nc3ncnc(NC(C)(C)C)c3N)sc2c1. The van der Waals surface area contributed by atoms with Gasteiger partial charge in [0.2, 0.25) is 0 Å². The first-order valence-electron chi connectivity index (χ1n) is 7.46. The average Bonchev–Trinajstić information content (AvgIpc) is 2.91. The third-order valence-corrected chi connectivity index (χ3v) is 4.13. The second-order valence-electron chi connectivity index (χ2n) is 6.34. The quantitative estimate of drug-likeness (QED) is 0.664. The van der Waals surface area contributed by atoms with Crippen LogP contribution in [-0.4, -0.2) is 27.6 Å². The summed E-state index contributed by atoms with van der Waals surface area (Å²) < 4.78 is 6.27. The van der Waals surface area contributed by atoms with Gasteiger partial charge in [-0.25, -0.2) is 15.0 Å². The molecule has 8 heteroatoms. The van der Waals surface area contributed by atoms with Crippen LogP contribution in [0.25, 0.3) is 10.2 Å². The van der Waals surface area contributed by atoms with Gasteiger partial charge in [0.15, 0.2) is 16.8 Å². The lowest BCUT2D eigenvalue weighted by Gasteiger charge is -2.22. The van der Waals surface area contributed by atoms with E-state index in [4.69, 9.17) is 10.5 Å². The highest BCUT2D eigenvalue weighted by atomic mass is 32.1. The van der Waals surface area contributed by atoms with E-state index < -0.39 is 0 Å². The second kappa shape index (κ2) is 6.12. The summed E-state index contributed by atoms with van der Waals surface area (Å²) in [5.74, 6) is 1.93. The van der Waals surface area contributed by atoms with Gasteiger partial charge in [-0.2, -0.15) is 0 Å². The number of nitrogens with two attached hydrogens (primary N) is 1. The van der Waals surface area contributed by atoms with Crippen molar-refractivity contribution in [1.29, 1.82) is 0 Å². The van der Waals surface area contributed by atoms with Crippen molar-refractivity contribution in [3.05, 3.63) is 24.5 Å². The molecule has 2 aromatic heterocycles. The van der Waals surface area contributed by atoms with Crippen molar-refractivity contribution in [3.8, 4) is 5.75 Å². The molecule has 4 N–H and O–H groups in total. The first kappa shape index (κ1) is 16.3. The van der Waals surface area contributed by atoms with Crippen LogP contribution in [0.5, 0.6) is 5.75 Å². The van der Waals surface area contributed by atoms with Crippen molar-refractivity contribution >= 4 is 44.0 Å². The number of aromatic nitrogens is 3. The van der Waals surface area contributed by atoms with Gasteiger partial charge in [0.1, 0.15) is 17.8 Å². The van der Waals surface area contributed by atoms with Gasteiger partial charge in [0, 0.05) is 5.54 Å². The minimum atomic E-state index is -0.147. The Bertz CT molecular complexity index is 871. The molecule has 24 heavy (non-hydrogen) atoms. The monoisotopic (exact) mass is 344 g/mol. The van der Waals surface area contributed by atoms with Crippen LogP contribution in [0.4, 0.5) is 22.5 Å². The molecular weight excluding hydrogens is 324 g/mol. The van der Waals surface area contributed by atoms with Crippen LogP contribution >= 0.6 is 11.3 Å². The summed E-state index contributed by atoms with van der Waals surface area (Å²) in [6.07, 6.45) is 1.48. The van der Waals surface area contributed by atoms with Gasteiger partial charge < -0.3 is 21.1 Å². The summed E-state index contributed by atoms with van der Waals surface area (Å²) in [5, 5.41) is 7.16. The zero-order chi connectivity index (χ0) is 17.3. The highest BCUT2D eigenvalue weighted by molar-refractivity contribution is 7.22. The molecule has 3 rings (SSSR count). The van der Waals surface area contributed by atoms with E-state index in [1.165, 1.54) is 17.7 Å². The lowest BCUT2D eigenvalue weighted by Crippen LogP contribution is -2.27. The van der Waals surface area contributed by atoms with Gasteiger partial charge >= 0.3 is 0 Å². The Morgan fingerprint density at radius 3 is 2.62 bits per heavy atom. The Kier molecular flexibility index (Phi) is 4.15. The van der Waals surface area contributed by atoms with E-state index in [0.717, 1.165) is 16.0 Å². The van der Waals surface area contributed by atoms with E-state index in [2.05, 4.69) is 25.6 Å². The van der Waals surface area contributed by atoms with E-state index in [1.807, 2.05) is 39.0 Å². The number of thiazole rings is 1. The van der Waals surface area contributed by atoms with E-state index in [-0.39, 0.29) is 5.54 Å². The van der Waals surface area contributed by atoms with Crippen LogP contribution in [0.15, 0.2) is 24.5 Å². The van der Waals surface area contributed by atoms with Crippen LogP contribution in [0.2, 0.25) is 0 Å². The zero-order valence-corrected chi connectivity index (χ0v) is 14.9. The Balaban J connectivity index is 1.89. The summed E-state index contributed by atoms with van der Waals surface area (Å²) in [4.78, 5) is 13.0. The maximum atomic E-state index is 6.19. The molecule has 0 fully saturated rings. The molecule has 0 aliphatic rings. The van der Waals surface area contributed by atoms with Gasteiger partial charge in [0.05, 0.1) is 17.3 Å². The number of hydrogen-bond acceptors (Lipinski definition) is 8. The molecule has 0 spiro atoms. The van der Waals surface area contributed by atoms with Crippen LogP contribution in [0.3, 0.4) is 0 Å². The lowest BCUT2D eigenvalue weighted by molar-refractivity contribution is 0.415. The minimum Gasteiger partial charge on any atom is -0.497 e. The third kappa shape index (κ3) is 3.48. The largest absolute Gasteiger partial charge is 0.497 e. The molecule has 3 aromatic rings. The second-order valence-corrected chi connectivity index (χ2v) is 7.37. The first-order valence-corrected chi connectivity index (χ1v) is 8.27. The molecular formula is C16H20N6OS. The minimum absolute atomic E-state index is 0.147. The topological polar surface area (TPSA) is 98.0 Å². The van der Waals surface area contributed by atoms with E-state index in [1.54, 1.807) is 7.11 Å². The van der Waals surface area contributed by atoms with Gasteiger partial charge in [-0.3, -0.25) is 0 Å². The van der Waals surface area contributed by atoms with Crippen molar-refractivity contribution in [2.75, 3.05) is 23.5 Å². The number of rotatable bonds is 4. The van der Waals surface area contributed by atoms with Crippen molar-refractivity contribution in [2.45, 2.75) is 26.3 Å². The lowest BCUT2D eigenvalue weighted by atomic mass is 10.1. The summed E-state index contributed by atoms with van der Waals surface area (Å²) in [6, 6.07) is 5.76. The molecule has 7 nitrogen and oxygen atoms in total. The molecule has 0 aliphatic heterocycles. The summed E-state index contributed by atoms with van der Waals surface area (Å²) in [5.41, 5.74) is 7.39.